The first-order valence-corrected chi connectivity index (χ1v) is 5.40. The van der Waals surface area contributed by atoms with Gasteiger partial charge in [-0.2, -0.15) is 0 Å². The van der Waals surface area contributed by atoms with E-state index in [2.05, 4.69) is 0 Å². The van der Waals surface area contributed by atoms with Gasteiger partial charge in [-0.1, -0.05) is 18.2 Å². The highest BCUT2D eigenvalue weighted by Gasteiger charge is 2.17. The minimum Gasteiger partial charge on any atom is -0.452 e. The molecular formula is C13H7ClO3. The van der Waals surface area contributed by atoms with Crippen LogP contribution in [-0.2, 0) is 0 Å². The predicted octanol–water partition coefficient (Wildman–Crippen LogP) is 3.91. The highest BCUT2D eigenvalue weighted by Crippen LogP contribution is 2.22. The quantitative estimate of drug-likeness (QED) is 0.644. The fourth-order valence-electron chi connectivity index (χ4n) is 1.65. The average molecular weight is 247 g/mol. The Morgan fingerprint density at radius 2 is 1.82 bits per heavy atom. The average Bonchev–Trinajstić information content (AvgIpc) is 2.93. The number of carbonyl (C=O) groups is 1. The van der Waals surface area contributed by atoms with E-state index in [4.69, 9.17) is 20.4 Å². The third kappa shape index (κ3) is 1.74. The first kappa shape index (κ1) is 10.2. The lowest BCUT2D eigenvalue weighted by Gasteiger charge is -1.90. The number of para-hydroxylation sites is 1. The number of hydrogen-bond acceptors (Lipinski definition) is 3. The van der Waals surface area contributed by atoms with Gasteiger partial charge in [-0.15, -0.1) is 0 Å². The van der Waals surface area contributed by atoms with E-state index in [1.807, 2.05) is 18.2 Å². The minimum atomic E-state index is -0.312. The summed E-state index contributed by atoms with van der Waals surface area (Å²) < 4.78 is 10.5. The maximum atomic E-state index is 12.0. The van der Waals surface area contributed by atoms with Crippen molar-refractivity contribution >= 4 is 28.4 Å². The SMILES string of the molecule is O=C(c1ccc(Cl)o1)c1cc2ccccc2o1. The van der Waals surface area contributed by atoms with E-state index < -0.39 is 0 Å². The molecule has 4 heteroatoms. The van der Waals surface area contributed by atoms with Crippen molar-refractivity contribution in [1.29, 1.82) is 0 Å². The zero-order chi connectivity index (χ0) is 11.8. The molecule has 0 aliphatic heterocycles. The Balaban J connectivity index is 2.06. The van der Waals surface area contributed by atoms with Gasteiger partial charge < -0.3 is 8.83 Å². The lowest BCUT2D eigenvalue weighted by Crippen LogP contribution is -1.96. The van der Waals surface area contributed by atoms with Gasteiger partial charge in [0.2, 0.25) is 0 Å². The van der Waals surface area contributed by atoms with Crippen LogP contribution >= 0.6 is 11.6 Å². The Hall–Kier alpha value is -2.00. The third-order valence-corrected chi connectivity index (χ3v) is 2.65. The van der Waals surface area contributed by atoms with Crippen LogP contribution < -0.4 is 0 Å². The van der Waals surface area contributed by atoms with Gasteiger partial charge >= 0.3 is 0 Å². The highest BCUT2D eigenvalue weighted by molar-refractivity contribution is 6.29. The summed E-state index contributed by atoms with van der Waals surface area (Å²) in [5, 5.41) is 1.07. The van der Waals surface area contributed by atoms with Crippen molar-refractivity contribution in [2.45, 2.75) is 0 Å². The fourth-order valence-corrected chi connectivity index (χ4v) is 1.80. The number of carbonyl (C=O) groups excluding carboxylic acids is 1. The van der Waals surface area contributed by atoms with E-state index >= 15 is 0 Å². The summed E-state index contributed by atoms with van der Waals surface area (Å²) in [5.41, 5.74) is 0.675. The molecule has 3 aromatic rings. The molecule has 0 N–H and O–H groups in total. The minimum absolute atomic E-state index is 0.175. The molecule has 0 unspecified atom stereocenters. The number of ketones is 1. The summed E-state index contributed by atoms with van der Waals surface area (Å²) in [6.45, 7) is 0. The van der Waals surface area contributed by atoms with Gasteiger partial charge in [0.05, 0.1) is 0 Å². The molecule has 1 aromatic carbocycles. The van der Waals surface area contributed by atoms with Crippen LogP contribution in [0.3, 0.4) is 0 Å². The van der Waals surface area contributed by atoms with Crippen molar-refractivity contribution in [1.82, 2.24) is 0 Å². The smallest absolute Gasteiger partial charge is 0.263 e. The molecule has 3 rings (SSSR count). The second kappa shape index (κ2) is 3.79. The Morgan fingerprint density at radius 1 is 1.00 bits per heavy atom. The van der Waals surface area contributed by atoms with Gasteiger partial charge in [0.15, 0.2) is 16.7 Å². The molecule has 0 amide bonds. The van der Waals surface area contributed by atoms with E-state index in [9.17, 15) is 4.79 Å². The second-order valence-electron chi connectivity index (χ2n) is 3.58. The van der Waals surface area contributed by atoms with Crippen molar-refractivity contribution in [2.75, 3.05) is 0 Å². The van der Waals surface area contributed by atoms with E-state index in [0.717, 1.165) is 5.39 Å². The zero-order valence-corrected chi connectivity index (χ0v) is 9.40. The largest absolute Gasteiger partial charge is 0.452 e. The van der Waals surface area contributed by atoms with Crippen LogP contribution in [0, 0.1) is 0 Å². The molecule has 0 bridgehead atoms. The number of halogens is 1. The molecule has 0 aliphatic carbocycles. The molecular weight excluding hydrogens is 240 g/mol. The predicted molar refractivity (Wildman–Crippen MR) is 63.4 cm³/mol. The van der Waals surface area contributed by atoms with Crippen LogP contribution in [0.15, 0.2) is 51.3 Å². The zero-order valence-electron chi connectivity index (χ0n) is 8.64. The Bertz CT molecular complexity index is 660. The molecule has 2 aromatic heterocycles. The number of fused-ring (bicyclic) bond motifs is 1. The van der Waals surface area contributed by atoms with Gasteiger partial charge in [0, 0.05) is 5.39 Å². The van der Waals surface area contributed by atoms with Crippen LogP contribution in [0.25, 0.3) is 11.0 Å². The van der Waals surface area contributed by atoms with Crippen molar-refractivity contribution < 1.29 is 13.6 Å². The molecule has 0 atom stereocenters. The summed E-state index contributed by atoms with van der Waals surface area (Å²) in [6.07, 6.45) is 0. The van der Waals surface area contributed by atoms with Crippen LogP contribution in [0.5, 0.6) is 0 Å². The van der Waals surface area contributed by atoms with E-state index in [0.29, 0.717) is 5.58 Å². The second-order valence-corrected chi connectivity index (χ2v) is 3.95. The van der Waals surface area contributed by atoms with Crippen molar-refractivity contribution in [3.05, 3.63) is 59.2 Å². The normalized spacial score (nSPS) is 10.9. The molecule has 0 radical (unpaired) electrons. The standard InChI is InChI=1S/C13H7ClO3/c14-12-6-5-10(17-12)13(15)11-7-8-3-1-2-4-9(8)16-11/h1-7H. The third-order valence-electron chi connectivity index (χ3n) is 2.45. The molecule has 0 spiro atoms. The molecule has 0 aliphatic rings. The number of furan rings is 2. The van der Waals surface area contributed by atoms with Gasteiger partial charge in [-0.05, 0) is 35.9 Å². The lowest BCUT2D eigenvalue weighted by molar-refractivity contribution is 0.0985. The van der Waals surface area contributed by atoms with Gasteiger partial charge in [0.25, 0.3) is 5.78 Å². The van der Waals surface area contributed by atoms with E-state index in [-0.39, 0.29) is 22.5 Å². The fraction of sp³-hybridized carbons (Fsp3) is 0. The molecule has 17 heavy (non-hydrogen) atoms. The Labute approximate surface area is 102 Å². The summed E-state index contributed by atoms with van der Waals surface area (Å²) in [7, 11) is 0. The van der Waals surface area contributed by atoms with Crippen LogP contribution in [-0.4, -0.2) is 5.78 Å². The maximum Gasteiger partial charge on any atom is 0.263 e. The van der Waals surface area contributed by atoms with Gasteiger partial charge in [-0.25, -0.2) is 0 Å². The molecule has 0 fully saturated rings. The molecule has 0 saturated heterocycles. The lowest BCUT2D eigenvalue weighted by atomic mass is 10.2. The Kier molecular flexibility index (Phi) is 2.27. The van der Waals surface area contributed by atoms with Crippen LogP contribution in [0.1, 0.15) is 16.3 Å². The monoisotopic (exact) mass is 246 g/mol. The van der Waals surface area contributed by atoms with Crippen LogP contribution in [0.4, 0.5) is 0 Å². The summed E-state index contributed by atoms with van der Waals surface area (Å²) in [5.74, 6) is 0.111. The highest BCUT2D eigenvalue weighted by atomic mass is 35.5. The van der Waals surface area contributed by atoms with Gasteiger partial charge in [0.1, 0.15) is 5.58 Å². The van der Waals surface area contributed by atoms with Crippen molar-refractivity contribution in [3.63, 3.8) is 0 Å². The Morgan fingerprint density at radius 3 is 2.53 bits per heavy atom. The summed E-state index contributed by atoms with van der Waals surface area (Å²) in [4.78, 5) is 12.0. The van der Waals surface area contributed by atoms with Crippen molar-refractivity contribution in [3.8, 4) is 0 Å². The van der Waals surface area contributed by atoms with Crippen molar-refractivity contribution in [2.24, 2.45) is 0 Å². The molecule has 2 heterocycles. The topological polar surface area (TPSA) is 43.4 Å². The maximum absolute atomic E-state index is 12.0. The number of hydrogen-bond donors (Lipinski definition) is 0. The number of rotatable bonds is 2. The van der Waals surface area contributed by atoms with Crippen LogP contribution in [0.2, 0.25) is 5.22 Å². The van der Waals surface area contributed by atoms with E-state index in [1.54, 1.807) is 12.1 Å². The van der Waals surface area contributed by atoms with E-state index in [1.165, 1.54) is 12.1 Å². The summed E-state index contributed by atoms with van der Waals surface area (Å²) in [6, 6.07) is 12.2. The molecule has 3 nitrogen and oxygen atoms in total. The van der Waals surface area contributed by atoms with Gasteiger partial charge in [-0.3, -0.25) is 4.79 Å². The first-order chi connectivity index (χ1) is 8.24. The molecule has 84 valence electrons. The first-order valence-electron chi connectivity index (χ1n) is 5.02. The molecule has 0 saturated carbocycles. The number of benzene rings is 1. The summed E-state index contributed by atoms with van der Waals surface area (Å²) >= 11 is 5.62.